The van der Waals surface area contributed by atoms with Gasteiger partial charge in [0.05, 0.1) is 6.10 Å². The van der Waals surface area contributed by atoms with E-state index in [-0.39, 0.29) is 6.10 Å². The smallest absolute Gasteiger partial charge is 0.0514 e. The van der Waals surface area contributed by atoms with Crippen molar-refractivity contribution in [1.29, 1.82) is 0 Å². The molecule has 0 saturated heterocycles. The highest BCUT2D eigenvalue weighted by molar-refractivity contribution is 7.99. The minimum Gasteiger partial charge on any atom is -0.393 e. The molecular formula is C10H22OS. The average molecular weight is 190 g/mol. The Morgan fingerprint density at radius 3 is 2.50 bits per heavy atom. The van der Waals surface area contributed by atoms with Gasteiger partial charge in [0.25, 0.3) is 0 Å². The number of hydrogen-bond acceptors (Lipinski definition) is 2. The zero-order chi connectivity index (χ0) is 9.40. The van der Waals surface area contributed by atoms with E-state index in [0.717, 1.165) is 6.42 Å². The lowest BCUT2D eigenvalue weighted by Crippen LogP contribution is -2.07. The fourth-order valence-electron chi connectivity index (χ4n) is 1.38. The maximum Gasteiger partial charge on any atom is 0.0514 e. The van der Waals surface area contributed by atoms with Crippen LogP contribution in [0.2, 0.25) is 0 Å². The molecule has 2 unspecified atom stereocenters. The number of rotatable bonds is 7. The van der Waals surface area contributed by atoms with Gasteiger partial charge in [0.2, 0.25) is 0 Å². The highest BCUT2D eigenvalue weighted by Crippen LogP contribution is 2.14. The van der Waals surface area contributed by atoms with Gasteiger partial charge < -0.3 is 5.11 Å². The topological polar surface area (TPSA) is 20.2 Å². The first-order valence-electron chi connectivity index (χ1n) is 4.92. The molecule has 0 aliphatic carbocycles. The predicted octanol–water partition coefficient (Wildman–Crippen LogP) is 2.93. The summed E-state index contributed by atoms with van der Waals surface area (Å²) in [7, 11) is 0. The van der Waals surface area contributed by atoms with Crippen LogP contribution in [0.4, 0.5) is 0 Å². The molecule has 74 valence electrons. The Bertz CT molecular complexity index is 93.8. The molecule has 0 amide bonds. The zero-order valence-corrected chi connectivity index (χ0v) is 9.36. The van der Waals surface area contributed by atoms with Gasteiger partial charge in [-0.05, 0) is 43.6 Å². The van der Waals surface area contributed by atoms with Crippen LogP contribution < -0.4 is 0 Å². The molecule has 0 heterocycles. The Labute approximate surface area is 80.9 Å². The van der Waals surface area contributed by atoms with Crippen LogP contribution >= 0.6 is 11.8 Å². The lowest BCUT2D eigenvalue weighted by Gasteiger charge is -2.12. The van der Waals surface area contributed by atoms with E-state index in [0.29, 0.717) is 5.92 Å². The maximum atomic E-state index is 9.12. The van der Waals surface area contributed by atoms with Crippen molar-refractivity contribution < 1.29 is 5.11 Å². The second-order valence-corrected chi connectivity index (χ2v) is 4.92. The second kappa shape index (κ2) is 7.93. The fraction of sp³-hybridized carbons (Fsp3) is 1.00. The second-order valence-electron chi connectivity index (χ2n) is 3.53. The third-order valence-corrected chi connectivity index (χ3v) is 2.92. The lowest BCUT2D eigenvalue weighted by molar-refractivity contribution is 0.161. The fourth-order valence-corrected chi connectivity index (χ4v) is 2.04. The first kappa shape index (κ1) is 12.3. The molecule has 0 aromatic carbocycles. The molecular weight excluding hydrogens is 168 g/mol. The molecule has 2 heteroatoms. The molecule has 0 aromatic rings. The Morgan fingerprint density at radius 2 is 2.00 bits per heavy atom. The standard InChI is InChI=1S/C10H22OS/c1-4-12-7-5-6-9(2)8-10(3)11/h9-11H,4-8H2,1-3H3. The predicted molar refractivity (Wildman–Crippen MR) is 57.7 cm³/mol. The number of aliphatic hydroxyl groups is 1. The van der Waals surface area contributed by atoms with Gasteiger partial charge in [-0.1, -0.05) is 13.8 Å². The normalized spacial score (nSPS) is 16.0. The summed E-state index contributed by atoms with van der Waals surface area (Å²) in [5.74, 6) is 3.19. The summed E-state index contributed by atoms with van der Waals surface area (Å²) in [6.45, 7) is 6.30. The van der Waals surface area contributed by atoms with Crippen molar-refractivity contribution >= 4 is 11.8 Å². The molecule has 0 bridgehead atoms. The van der Waals surface area contributed by atoms with Gasteiger partial charge in [-0.2, -0.15) is 11.8 Å². The average Bonchev–Trinajstić information content (AvgIpc) is 1.97. The van der Waals surface area contributed by atoms with Crippen LogP contribution in [0.1, 0.15) is 40.0 Å². The molecule has 0 aliphatic rings. The Morgan fingerprint density at radius 1 is 1.33 bits per heavy atom. The molecule has 2 atom stereocenters. The van der Waals surface area contributed by atoms with Crippen molar-refractivity contribution in [2.75, 3.05) is 11.5 Å². The molecule has 0 fully saturated rings. The van der Waals surface area contributed by atoms with Gasteiger partial charge in [0.1, 0.15) is 0 Å². The summed E-state index contributed by atoms with van der Waals surface area (Å²) in [6.07, 6.45) is 3.39. The monoisotopic (exact) mass is 190 g/mol. The summed E-state index contributed by atoms with van der Waals surface area (Å²) in [6, 6.07) is 0. The summed E-state index contributed by atoms with van der Waals surface area (Å²) < 4.78 is 0. The van der Waals surface area contributed by atoms with Crippen molar-refractivity contribution in [1.82, 2.24) is 0 Å². The molecule has 0 aromatic heterocycles. The van der Waals surface area contributed by atoms with Gasteiger partial charge >= 0.3 is 0 Å². The quantitative estimate of drug-likeness (QED) is 0.623. The third kappa shape index (κ3) is 8.41. The Kier molecular flexibility index (Phi) is 8.14. The van der Waals surface area contributed by atoms with E-state index in [1.54, 1.807) is 0 Å². The SMILES string of the molecule is CCSCCCC(C)CC(C)O. The number of hydrogen-bond donors (Lipinski definition) is 1. The Balaban J connectivity index is 3.14. The molecule has 12 heavy (non-hydrogen) atoms. The molecule has 0 radical (unpaired) electrons. The highest BCUT2D eigenvalue weighted by Gasteiger charge is 2.04. The minimum atomic E-state index is -0.126. The molecule has 0 saturated carbocycles. The van der Waals surface area contributed by atoms with E-state index in [1.165, 1.54) is 24.3 Å². The first-order chi connectivity index (χ1) is 5.66. The van der Waals surface area contributed by atoms with Gasteiger partial charge in [0, 0.05) is 0 Å². The third-order valence-electron chi connectivity index (χ3n) is 1.93. The van der Waals surface area contributed by atoms with Crippen molar-refractivity contribution in [3.8, 4) is 0 Å². The van der Waals surface area contributed by atoms with Crippen LogP contribution in [-0.2, 0) is 0 Å². The summed E-state index contributed by atoms with van der Waals surface area (Å²) in [5, 5.41) is 9.12. The Hall–Kier alpha value is 0.310. The van der Waals surface area contributed by atoms with E-state index in [4.69, 9.17) is 5.11 Å². The van der Waals surface area contributed by atoms with Crippen LogP contribution in [0, 0.1) is 5.92 Å². The molecule has 0 aliphatic heterocycles. The van der Waals surface area contributed by atoms with E-state index in [9.17, 15) is 0 Å². The largest absolute Gasteiger partial charge is 0.393 e. The van der Waals surface area contributed by atoms with E-state index >= 15 is 0 Å². The first-order valence-corrected chi connectivity index (χ1v) is 6.08. The highest BCUT2D eigenvalue weighted by atomic mass is 32.2. The van der Waals surface area contributed by atoms with Crippen LogP contribution in [0.25, 0.3) is 0 Å². The van der Waals surface area contributed by atoms with E-state index < -0.39 is 0 Å². The molecule has 1 nitrogen and oxygen atoms in total. The molecule has 1 N–H and O–H groups in total. The van der Waals surface area contributed by atoms with Crippen LogP contribution in [0.3, 0.4) is 0 Å². The van der Waals surface area contributed by atoms with Crippen molar-refractivity contribution in [2.24, 2.45) is 5.92 Å². The zero-order valence-electron chi connectivity index (χ0n) is 8.55. The van der Waals surface area contributed by atoms with Gasteiger partial charge in [-0.15, -0.1) is 0 Å². The van der Waals surface area contributed by atoms with Crippen molar-refractivity contribution in [3.05, 3.63) is 0 Å². The van der Waals surface area contributed by atoms with Crippen LogP contribution in [0.15, 0.2) is 0 Å². The van der Waals surface area contributed by atoms with E-state index in [1.807, 2.05) is 18.7 Å². The van der Waals surface area contributed by atoms with Crippen LogP contribution in [0.5, 0.6) is 0 Å². The van der Waals surface area contributed by atoms with Crippen molar-refractivity contribution in [2.45, 2.75) is 46.1 Å². The van der Waals surface area contributed by atoms with Crippen LogP contribution in [-0.4, -0.2) is 22.7 Å². The summed E-state index contributed by atoms with van der Waals surface area (Å²) >= 11 is 2.01. The maximum absolute atomic E-state index is 9.12. The molecule has 0 spiro atoms. The number of thioether (sulfide) groups is 1. The van der Waals surface area contributed by atoms with Crippen molar-refractivity contribution in [3.63, 3.8) is 0 Å². The summed E-state index contributed by atoms with van der Waals surface area (Å²) in [4.78, 5) is 0. The lowest BCUT2D eigenvalue weighted by atomic mass is 10.00. The number of aliphatic hydroxyl groups excluding tert-OH is 1. The minimum absolute atomic E-state index is 0.126. The van der Waals surface area contributed by atoms with Gasteiger partial charge in [-0.3, -0.25) is 0 Å². The van der Waals surface area contributed by atoms with Gasteiger partial charge in [0.15, 0.2) is 0 Å². The summed E-state index contributed by atoms with van der Waals surface area (Å²) in [5.41, 5.74) is 0. The van der Waals surface area contributed by atoms with E-state index in [2.05, 4.69) is 13.8 Å². The molecule has 0 rings (SSSR count). The van der Waals surface area contributed by atoms with Gasteiger partial charge in [-0.25, -0.2) is 0 Å².